The lowest BCUT2D eigenvalue weighted by atomic mass is 10.1. The van der Waals surface area contributed by atoms with Gasteiger partial charge < -0.3 is 24.9 Å². The summed E-state index contributed by atoms with van der Waals surface area (Å²) < 4.78 is 12.2. The number of thiocarbonyl (C=S) groups is 1. The van der Waals surface area contributed by atoms with Crippen molar-refractivity contribution < 1.29 is 19.2 Å². The van der Waals surface area contributed by atoms with Gasteiger partial charge in [0.25, 0.3) is 5.91 Å². The second-order valence-electron chi connectivity index (χ2n) is 7.00. The van der Waals surface area contributed by atoms with Gasteiger partial charge >= 0.3 is 5.82 Å². The number of anilines is 1. The monoisotopic (exact) mass is 465 g/mol. The maximum absolute atomic E-state index is 13.1. The summed E-state index contributed by atoms with van der Waals surface area (Å²) in [5.74, 6) is 0.561. The molecule has 168 valence electrons. The molecule has 0 radical (unpaired) electrons. The Bertz CT molecular complexity index is 1290. The maximum atomic E-state index is 13.1. The first-order chi connectivity index (χ1) is 15.9. The number of benzene rings is 2. The molecule has 0 aliphatic carbocycles. The lowest BCUT2D eigenvalue weighted by molar-refractivity contribution is -0.389. The molecule has 4 rings (SSSR count). The number of hydrogen-bond acceptors (Lipinski definition) is 7. The van der Waals surface area contributed by atoms with Gasteiger partial charge in [0.2, 0.25) is 0 Å². The first-order valence-electron chi connectivity index (χ1n) is 9.76. The van der Waals surface area contributed by atoms with E-state index in [4.69, 9.17) is 21.7 Å². The standard InChI is InChI=1S/C22H19N5O5S/c1-31-18-8-7-14(11-15(18)13-25-10-9-20(24-25)27(29)30)12-16-21(28)26(22(33)23-16)17-5-3-4-6-19(17)32-2/h3-12H,13H2,1-2H3,(H,23,33)/b16-12+. The summed E-state index contributed by atoms with van der Waals surface area (Å²) in [6.45, 7) is 0.251. The molecule has 3 aromatic rings. The van der Waals surface area contributed by atoms with Crippen LogP contribution in [0.4, 0.5) is 11.5 Å². The molecular formula is C22H19N5O5S. The molecule has 1 amide bonds. The van der Waals surface area contributed by atoms with E-state index in [0.717, 1.165) is 5.56 Å². The molecule has 1 N–H and O–H groups in total. The molecule has 1 aliphatic rings. The summed E-state index contributed by atoms with van der Waals surface area (Å²) in [6, 6.07) is 13.8. The number of nitro groups is 1. The number of amides is 1. The van der Waals surface area contributed by atoms with Crippen molar-refractivity contribution in [3.05, 3.63) is 81.7 Å². The third-order valence-corrected chi connectivity index (χ3v) is 5.25. The normalized spacial score (nSPS) is 14.5. The molecule has 2 heterocycles. The van der Waals surface area contributed by atoms with Crippen molar-refractivity contribution in [3.8, 4) is 11.5 Å². The SMILES string of the molecule is COc1ccc(/C=C2/NC(=S)N(c3ccccc3OC)C2=O)cc1Cn1ccc([N+](=O)[O-])n1. The van der Waals surface area contributed by atoms with Gasteiger partial charge in [-0.1, -0.05) is 18.2 Å². The molecule has 0 atom stereocenters. The zero-order chi connectivity index (χ0) is 23.5. The number of carbonyl (C=O) groups is 1. The summed E-state index contributed by atoms with van der Waals surface area (Å²) >= 11 is 5.39. The van der Waals surface area contributed by atoms with Crippen molar-refractivity contribution in [1.29, 1.82) is 0 Å². The predicted molar refractivity (Wildman–Crippen MR) is 125 cm³/mol. The van der Waals surface area contributed by atoms with E-state index >= 15 is 0 Å². The van der Waals surface area contributed by atoms with E-state index in [0.29, 0.717) is 28.4 Å². The lowest BCUT2D eigenvalue weighted by Gasteiger charge is -2.17. The van der Waals surface area contributed by atoms with Crippen molar-refractivity contribution in [3.63, 3.8) is 0 Å². The first kappa shape index (κ1) is 22.0. The average Bonchev–Trinajstić information content (AvgIpc) is 3.38. The van der Waals surface area contributed by atoms with Gasteiger partial charge in [0.05, 0.1) is 43.8 Å². The van der Waals surface area contributed by atoms with Crippen molar-refractivity contribution in [2.75, 3.05) is 19.1 Å². The van der Waals surface area contributed by atoms with Crippen molar-refractivity contribution in [1.82, 2.24) is 15.1 Å². The number of para-hydroxylation sites is 2. The van der Waals surface area contributed by atoms with E-state index in [1.807, 2.05) is 12.1 Å². The highest BCUT2D eigenvalue weighted by atomic mass is 32.1. The van der Waals surface area contributed by atoms with E-state index in [1.54, 1.807) is 36.4 Å². The number of carbonyl (C=O) groups excluding carboxylic acids is 1. The fraction of sp³-hybridized carbons (Fsp3) is 0.136. The Morgan fingerprint density at radius 3 is 2.61 bits per heavy atom. The van der Waals surface area contributed by atoms with E-state index < -0.39 is 4.92 Å². The topological polar surface area (TPSA) is 112 Å². The van der Waals surface area contributed by atoms with Gasteiger partial charge in [-0.25, -0.2) is 4.90 Å². The molecule has 2 aromatic carbocycles. The van der Waals surface area contributed by atoms with Gasteiger partial charge in [0.1, 0.15) is 17.2 Å². The number of rotatable bonds is 7. The van der Waals surface area contributed by atoms with Crippen LogP contribution in [0.1, 0.15) is 11.1 Å². The van der Waals surface area contributed by atoms with Crippen LogP contribution in [-0.2, 0) is 11.3 Å². The zero-order valence-electron chi connectivity index (χ0n) is 17.7. The van der Waals surface area contributed by atoms with Crippen LogP contribution in [0.5, 0.6) is 11.5 Å². The lowest BCUT2D eigenvalue weighted by Crippen LogP contribution is -2.30. The molecule has 0 spiro atoms. The van der Waals surface area contributed by atoms with Crippen molar-refractivity contribution in [2.45, 2.75) is 6.54 Å². The van der Waals surface area contributed by atoms with Crippen LogP contribution in [0.2, 0.25) is 0 Å². The largest absolute Gasteiger partial charge is 0.496 e. The minimum atomic E-state index is -0.553. The highest BCUT2D eigenvalue weighted by Gasteiger charge is 2.33. The van der Waals surface area contributed by atoms with Gasteiger partial charge in [-0.3, -0.25) is 4.79 Å². The molecule has 11 heteroatoms. The fourth-order valence-electron chi connectivity index (χ4n) is 3.46. The Morgan fingerprint density at radius 2 is 1.91 bits per heavy atom. The van der Waals surface area contributed by atoms with E-state index in [2.05, 4.69) is 10.4 Å². The molecule has 0 unspecified atom stereocenters. The summed E-state index contributed by atoms with van der Waals surface area (Å²) in [5.41, 5.74) is 2.30. The molecule has 10 nitrogen and oxygen atoms in total. The zero-order valence-corrected chi connectivity index (χ0v) is 18.5. The van der Waals surface area contributed by atoms with Crippen molar-refractivity contribution >= 4 is 40.8 Å². The van der Waals surface area contributed by atoms with Crippen LogP contribution in [0.25, 0.3) is 6.08 Å². The second kappa shape index (κ2) is 9.09. The first-order valence-corrected chi connectivity index (χ1v) is 10.2. The van der Waals surface area contributed by atoms with E-state index in [1.165, 1.54) is 36.1 Å². The van der Waals surface area contributed by atoms with Gasteiger partial charge in [-0.15, -0.1) is 0 Å². The van der Waals surface area contributed by atoms with E-state index in [-0.39, 0.29) is 23.4 Å². The smallest absolute Gasteiger partial charge is 0.389 e. The van der Waals surface area contributed by atoms with Crippen LogP contribution in [-0.4, -0.2) is 39.9 Å². The number of hydrogen-bond donors (Lipinski definition) is 1. The van der Waals surface area contributed by atoms with Gasteiger partial charge in [-0.2, -0.15) is 4.68 Å². The third-order valence-electron chi connectivity index (χ3n) is 4.97. The van der Waals surface area contributed by atoms with E-state index in [9.17, 15) is 14.9 Å². The number of nitrogens with zero attached hydrogens (tertiary/aromatic N) is 4. The summed E-state index contributed by atoms with van der Waals surface area (Å²) in [6.07, 6.45) is 3.20. The van der Waals surface area contributed by atoms with Crippen molar-refractivity contribution in [2.24, 2.45) is 0 Å². The number of ether oxygens (including phenoxy) is 2. The minimum absolute atomic E-state index is 0.238. The molecule has 0 saturated carbocycles. The van der Waals surface area contributed by atoms with Crippen LogP contribution in [0.3, 0.4) is 0 Å². The second-order valence-corrected chi connectivity index (χ2v) is 7.39. The Labute approximate surface area is 194 Å². The van der Waals surface area contributed by atoms with Crippen LogP contribution < -0.4 is 19.7 Å². The number of nitrogens with one attached hydrogen (secondary N) is 1. The molecular weight excluding hydrogens is 446 g/mol. The Balaban J connectivity index is 1.63. The summed E-state index contributed by atoms with van der Waals surface area (Å²) in [4.78, 5) is 24.8. The summed E-state index contributed by atoms with van der Waals surface area (Å²) in [7, 11) is 3.06. The minimum Gasteiger partial charge on any atom is -0.496 e. The van der Waals surface area contributed by atoms with Crippen LogP contribution in [0, 0.1) is 10.1 Å². The molecule has 1 aromatic heterocycles. The Hall–Kier alpha value is -4.25. The fourth-order valence-corrected chi connectivity index (χ4v) is 3.75. The maximum Gasteiger partial charge on any atom is 0.389 e. The predicted octanol–water partition coefficient (Wildman–Crippen LogP) is 3.12. The molecule has 1 aliphatic heterocycles. The Kier molecular flexibility index (Phi) is 6.05. The van der Waals surface area contributed by atoms with Gasteiger partial charge in [0, 0.05) is 5.56 Å². The van der Waals surface area contributed by atoms with Gasteiger partial charge in [0.15, 0.2) is 5.11 Å². The van der Waals surface area contributed by atoms with Crippen LogP contribution in [0.15, 0.2) is 60.4 Å². The molecule has 1 fully saturated rings. The molecule has 1 saturated heterocycles. The third kappa shape index (κ3) is 4.39. The summed E-state index contributed by atoms with van der Waals surface area (Å²) in [5, 5.41) is 18.0. The average molecular weight is 465 g/mol. The van der Waals surface area contributed by atoms with Gasteiger partial charge in [-0.05, 0) is 53.0 Å². The van der Waals surface area contributed by atoms with Crippen LogP contribution >= 0.6 is 12.2 Å². The number of aromatic nitrogens is 2. The quantitative estimate of drug-likeness (QED) is 0.245. The Morgan fingerprint density at radius 1 is 1.15 bits per heavy atom. The number of methoxy groups -OCH3 is 2. The molecule has 0 bridgehead atoms. The highest BCUT2D eigenvalue weighted by Crippen LogP contribution is 2.31. The molecule has 33 heavy (non-hydrogen) atoms. The highest BCUT2D eigenvalue weighted by molar-refractivity contribution is 7.80.